The van der Waals surface area contributed by atoms with Crippen molar-refractivity contribution in [3.05, 3.63) is 24.2 Å². The minimum Gasteiger partial charge on any atom is -0.469 e. The minimum absolute atomic E-state index is 0. The number of hydrogen-bond acceptors (Lipinski definition) is 3. The number of nitrogens with one attached hydrogen (secondary N) is 2. The fourth-order valence-electron chi connectivity index (χ4n) is 2.83. The van der Waals surface area contributed by atoms with Crippen molar-refractivity contribution in [3.8, 4) is 0 Å². The number of furan rings is 1. The third-order valence-corrected chi connectivity index (χ3v) is 4.22. The van der Waals surface area contributed by atoms with Crippen molar-refractivity contribution in [2.45, 2.75) is 45.1 Å². The summed E-state index contributed by atoms with van der Waals surface area (Å²) in [6.45, 7) is 6.73. The number of aliphatic imine (C=N–C) groups is 1. The number of guanidine groups is 1. The quantitative estimate of drug-likeness (QED) is 0.394. The molecule has 0 bridgehead atoms. The van der Waals surface area contributed by atoms with Gasteiger partial charge in [0.05, 0.1) is 6.26 Å². The molecule has 2 heterocycles. The van der Waals surface area contributed by atoms with Crippen LogP contribution in [0.5, 0.6) is 0 Å². The SMILES string of the molecule is CCCCN1CCC(NC(=NC)NCCc2ccco2)CC1.I. The van der Waals surface area contributed by atoms with Gasteiger partial charge >= 0.3 is 0 Å². The standard InChI is InChI=1S/C17H30N4O.HI/c1-3-4-11-21-12-8-15(9-13-21)20-17(18-2)19-10-7-16-6-5-14-22-16;/h5-6,14-15H,3-4,7-13H2,1-2H3,(H2,18,19,20);1H. The molecule has 0 amide bonds. The van der Waals surface area contributed by atoms with E-state index in [1.54, 1.807) is 6.26 Å². The second-order valence-corrected chi connectivity index (χ2v) is 5.94. The highest BCUT2D eigenvalue weighted by molar-refractivity contribution is 14.0. The first kappa shape index (κ1) is 20.3. The predicted octanol–water partition coefficient (Wildman–Crippen LogP) is 2.87. The first-order valence-electron chi connectivity index (χ1n) is 8.53. The average Bonchev–Trinajstić information content (AvgIpc) is 3.06. The first-order valence-corrected chi connectivity index (χ1v) is 8.53. The molecule has 1 aliphatic rings. The summed E-state index contributed by atoms with van der Waals surface area (Å²) in [5.41, 5.74) is 0. The van der Waals surface area contributed by atoms with Crippen molar-refractivity contribution in [1.29, 1.82) is 0 Å². The highest BCUT2D eigenvalue weighted by Crippen LogP contribution is 2.11. The maximum atomic E-state index is 5.34. The molecule has 0 spiro atoms. The smallest absolute Gasteiger partial charge is 0.191 e. The summed E-state index contributed by atoms with van der Waals surface area (Å²) < 4.78 is 5.34. The van der Waals surface area contributed by atoms with Crippen molar-refractivity contribution in [1.82, 2.24) is 15.5 Å². The zero-order valence-electron chi connectivity index (χ0n) is 14.4. The minimum atomic E-state index is 0. The second kappa shape index (κ2) is 11.7. The molecule has 2 rings (SSSR count). The molecule has 1 aliphatic heterocycles. The summed E-state index contributed by atoms with van der Waals surface area (Å²) >= 11 is 0. The molecular formula is C17H31IN4O. The fourth-order valence-corrected chi connectivity index (χ4v) is 2.83. The molecular weight excluding hydrogens is 403 g/mol. The molecule has 1 saturated heterocycles. The van der Waals surface area contributed by atoms with Gasteiger partial charge in [0.15, 0.2) is 5.96 Å². The van der Waals surface area contributed by atoms with Gasteiger partial charge in [-0.3, -0.25) is 4.99 Å². The highest BCUT2D eigenvalue weighted by atomic mass is 127. The summed E-state index contributed by atoms with van der Waals surface area (Å²) in [6.07, 6.45) is 7.58. The lowest BCUT2D eigenvalue weighted by molar-refractivity contribution is 0.203. The van der Waals surface area contributed by atoms with Crippen LogP contribution >= 0.6 is 24.0 Å². The molecule has 6 heteroatoms. The summed E-state index contributed by atoms with van der Waals surface area (Å²) in [7, 11) is 1.83. The van der Waals surface area contributed by atoms with Crippen LogP contribution < -0.4 is 10.6 Å². The Morgan fingerprint density at radius 1 is 1.39 bits per heavy atom. The van der Waals surface area contributed by atoms with E-state index in [0.717, 1.165) is 24.7 Å². The van der Waals surface area contributed by atoms with Crippen molar-refractivity contribution >= 4 is 29.9 Å². The normalized spacial score (nSPS) is 16.9. The maximum Gasteiger partial charge on any atom is 0.191 e. The molecule has 23 heavy (non-hydrogen) atoms. The van der Waals surface area contributed by atoms with Gasteiger partial charge in [-0.25, -0.2) is 0 Å². The van der Waals surface area contributed by atoms with Crippen LogP contribution in [0.25, 0.3) is 0 Å². The molecule has 132 valence electrons. The topological polar surface area (TPSA) is 52.8 Å². The lowest BCUT2D eigenvalue weighted by atomic mass is 10.0. The first-order chi connectivity index (χ1) is 10.8. The molecule has 0 saturated carbocycles. The van der Waals surface area contributed by atoms with Crippen molar-refractivity contribution in [2.75, 3.05) is 33.2 Å². The predicted molar refractivity (Wildman–Crippen MR) is 107 cm³/mol. The maximum absolute atomic E-state index is 5.34. The van der Waals surface area contributed by atoms with E-state index in [9.17, 15) is 0 Å². The Kier molecular flexibility index (Phi) is 10.3. The van der Waals surface area contributed by atoms with Crippen LogP contribution in [0, 0.1) is 0 Å². The van der Waals surface area contributed by atoms with Crippen LogP contribution in [0.3, 0.4) is 0 Å². The van der Waals surface area contributed by atoms with E-state index < -0.39 is 0 Å². The van der Waals surface area contributed by atoms with Crippen LogP contribution in [0.15, 0.2) is 27.8 Å². The summed E-state index contributed by atoms with van der Waals surface area (Å²) in [5, 5.41) is 6.91. The van der Waals surface area contributed by atoms with Crippen LogP contribution in [0.4, 0.5) is 0 Å². The largest absolute Gasteiger partial charge is 0.469 e. The highest BCUT2D eigenvalue weighted by Gasteiger charge is 2.19. The zero-order valence-corrected chi connectivity index (χ0v) is 16.7. The van der Waals surface area contributed by atoms with Gasteiger partial charge in [0, 0.05) is 39.1 Å². The zero-order chi connectivity index (χ0) is 15.6. The molecule has 2 N–H and O–H groups in total. The molecule has 1 aromatic heterocycles. The Morgan fingerprint density at radius 2 is 2.17 bits per heavy atom. The number of unbranched alkanes of at least 4 members (excludes halogenated alkanes) is 1. The number of halogens is 1. The van der Waals surface area contributed by atoms with E-state index in [0.29, 0.717) is 6.04 Å². The Hall–Kier alpha value is -0.760. The molecule has 0 radical (unpaired) electrons. The summed E-state index contributed by atoms with van der Waals surface area (Å²) in [5.74, 6) is 1.91. The van der Waals surface area contributed by atoms with Crippen molar-refractivity contribution < 1.29 is 4.42 Å². The van der Waals surface area contributed by atoms with E-state index in [4.69, 9.17) is 4.42 Å². The molecule has 0 aromatic carbocycles. The monoisotopic (exact) mass is 434 g/mol. The number of piperidine rings is 1. The van der Waals surface area contributed by atoms with E-state index in [2.05, 4.69) is 27.4 Å². The van der Waals surface area contributed by atoms with Gasteiger partial charge in [0.25, 0.3) is 0 Å². The average molecular weight is 434 g/mol. The number of rotatable bonds is 7. The molecule has 0 atom stereocenters. The van der Waals surface area contributed by atoms with Gasteiger partial charge < -0.3 is 20.0 Å². The number of nitrogens with zero attached hydrogens (tertiary/aromatic N) is 2. The molecule has 1 fully saturated rings. The Morgan fingerprint density at radius 3 is 2.78 bits per heavy atom. The lowest BCUT2D eigenvalue weighted by Crippen LogP contribution is -2.49. The van der Waals surface area contributed by atoms with Crippen LogP contribution in [0.2, 0.25) is 0 Å². The van der Waals surface area contributed by atoms with E-state index in [1.807, 2.05) is 19.2 Å². The molecule has 0 unspecified atom stereocenters. The van der Waals surface area contributed by atoms with Gasteiger partial charge in [0.2, 0.25) is 0 Å². The number of hydrogen-bond donors (Lipinski definition) is 2. The Bertz CT molecular complexity index is 428. The molecule has 0 aliphatic carbocycles. The molecule has 1 aromatic rings. The second-order valence-electron chi connectivity index (χ2n) is 5.94. The van der Waals surface area contributed by atoms with E-state index in [-0.39, 0.29) is 24.0 Å². The van der Waals surface area contributed by atoms with Crippen LogP contribution in [-0.2, 0) is 6.42 Å². The van der Waals surface area contributed by atoms with Crippen LogP contribution in [-0.4, -0.2) is 50.1 Å². The third-order valence-electron chi connectivity index (χ3n) is 4.22. The Balaban J connectivity index is 0.00000264. The van der Waals surface area contributed by atoms with E-state index in [1.165, 1.54) is 45.3 Å². The van der Waals surface area contributed by atoms with Gasteiger partial charge in [-0.2, -0.15) is 0 Å². The Labute approximate surface area is 157 Å². The van der Waals surface area contributed by atoms with Gasteiger partial charge in [-0.1, -0.05) is 13.3 Å². The van der Waals surface area contributed by atoms with Gasteiger partial charge in [-0.05, 0) is 37.9 Å². The molecule has 5 nitrogen and oxygen atoms in total. The fraction of sp³-hybridized carbons (Fsp3) is 0.706. The van der Waals surface area contributed by atoms with Gasteiger partial charge in [0.1, 0.15) is 5.76 Å². The third kappa shape index (κ3) is 7.56. The van der Waals surface area contributed by atoms with E-state index >= 15 is 0 Å². The lowest BCUT2D eigenvalue weighted by Gasteiger charge is -2.33. The summed E-state index contributed by atoms with van der Waals surface area (Å²) in [6, 6.07) is 4.46. The van der Waals surface area contributed by atoms with Gasteiger partial charge in [-0.15, -0.1) is 24.0 Å². The summed E-state index contributed by atoms with van der Waals surface area (Å²) in [4.78, 5) is 6.90. The van der Waals surface area contributed by atoms with Crippen molar-refractivity contribution in [2.24, 2.45) is 4.99 Å². The van der Waals surface area contributed by atoms with Crippen LogP contribution in [0.1, 0.15) is 38.4 Å². The van der Waals surface area contributed by atoms with Crippen molar-refractivity contribution in [3.63, 3.8) is 0 Å². The number of likely N-dealkylation sites (tertiary alicyclic amines) is 1.